The fourth-order valence-electron chi connectivity index (χ4n) is 1.57. The van der Waals surface area contributed by atoms with Crippen LogP contribution in [0.15, 0.2) is 24.3 Å². The molecule has 1 aromatic carbocycles. The summed E-state index contributed by atoms with van der Waals surface area (Å²) in [6.45, 7) is 5.90. The summed E-state index contributed by atoms with van der Waals surface area (Å²) < 4.78 is 10.2. The molecule has 0 aliphatic rings. The molecule has 0 aliphatic heterocycles. The highest BCUT2D eigenvalue weighted by molar-refractivity contribution is 5.90. The van der Waals surface area contributed by atoms with Crippen molar-refractivity contribution in [2.24, 2.45) is 0 Å². The molecule has 0 atom stereocenters. The van der Waals surface area contributed by atoms with Crippen molar-refractivity contribution in [3.8, 4) is 5.75 Å². The van der Waals surface area contributed by atoms with Gasteiger partial charge in [0, 0.05) is 13.1 Å². The van der Waals surface area contributed by atoms with Crippen molar-refractivity contribution in [1.29, 1.82) is 0 Å². The van der Waals surface area contributed by atoms with Crippen LogP contribution in [-0.2, 0) is 4.74 Å². The first-order valence-corrected chi connectivity index (χ1v) is 6.96. The molecule has 7 heteroatoms. The average molecular weight is 309 g/mol. The molecule has 0 saturated heterocycles. The molecule has 7 nitrogen and oxygen atoms in total. The van der Waals surface area contributed by atoms with E-state index in [2.05, 4.69) is 16.0 Å². The van der Waals surface area contributed by atoms with Gasteiger partial charge in [0.2, 0.25) is 0 Å². The number of hydrogen-bond donors (Lipinski definition) is 3. The first-order chi connectivity index (χ1) is 10.3. The first-order valence-electron chi connectivity index (χ1n) is 6.96. The Bertz CT molecular complexity index is 512. The highest BCUT2D eigenvalue weighted by Gasteiger charge is 2.15. The number of methoxy groups -OCH3 is 1. The van der Waals surface area contributed by atoms with Crippen molar-refractivity contribution >= 4 is 17.8 Å². The van der Waals surface area contributed by atoms with Crippen LogP contribution >= 0.6 is 0 Å². The minimum absolute atomic E-state index is 0.272. The Hall–Kier alpha value is -2.44. The summed E-state index contributed by atoms with van der Waals surface area (Å²) in [6.07, 6.45) is -0.514. The lowest BCUT2D eigenvalue weighted by Crippen LogP contribution is -2.39. The normalized spacial score (nSPS) is 10.5. The highest BCUT2D eigenvalue weighted by Crippen LogP contribution is 2.22. The first kappa shape index (κ1) is 17.6. The van der Waals surface area contributed by atoms with Gasteiger partial charge in [-0.25, -0.2) is 9.59 Å². The monoisotopic (exact) mass is 309 g/mol. The maximum atomic E-state index is 11.7. The molecule has 0 fully saturated rings. The lowest BCUT2D eigenvalue weighted by atomic mass is 10.2. The Kier molecular flexibility index (Phi) is 6.49. The standard InChI is InChI=1S/C15H23N3O4/c1-15(2,3)22-14(20)17-10-9-16-13(19)18-11-7-5-6-8-12(11)21-4/h5-8H,9-10H2,1-4H3,(H,17,20)(H2,16,18,19). The number of ether oxygens (including phenoxy) is 2. The molecule has 0 aliphatic carbocycles. The molecule has 0 radical (unpaired) electrons. The van der Waals surface area contributed by atoms with Gasteiger partial charge in [-0.15, -0.1) is 0 Å². The number of alkyl carbamates (subject to hydrolysis) is 1. The molecular weight excluding hydrogens is 286 g/mol. The van der Waals surface area contributed by atoms with E-state index in [1.165, 1.54) is 7.11 Å². The van der Waals surface area contributed by atoms with Crippen LogP contribution in [-0.4, -0.2) is 37.9 Å². The van der Waals surface area contributed by atoms with Crippen LogP contribution in [0.4, 0.5) is 15.3 Å². The topological polar surface area (TPSA) is 88.7 Å². The molecule has 22 heavy (non-hydrogen) atoms. The Morgan fingerprint density at radius 1 is 1.09 bits per heavy atom. The summed E-state index contributed by atoms with van der Waals surface area (Å²) in [6, 6.07) is 6.71. The zero-order valence-electron chi connectivity index (χ0n) is 13.4. The van der Waals surface area contributed by atoms with E-state index >= 15 is 0 Å². The molecule has 0 bridgehead atoms. The van der Waals surface area contributed by atoms with E-state index in [9.17, 15) is 9.59 Å². The number of carbonyl (C=O) groups excluding carboxylic acids is 2. The van der Waals surface area contributed by atoms with E-state index in [0.717, 1.165) is 0 Å². The number of benzene rings is 1. The van der Waals surface area contributed by atoms with Crippen LogP contribution in [0.3, 0.4) is 0 Å². The minimum atomic E-state index is -0.543. The molecule has 0 heterocycles. The maximum absolute atomic E-state index is 11.7. The van der Waals surface area contributed by atoms with E-state index in [-0.39, 0.29) is 19.1 Å². The summed E-state index contributed by atoms with van der Waals surface area (Å²) in [5.74, 6) is 0.574. The number of para-hydroxylation sites is 2. The van der Waals surface area contributed by atoms with Gasteiger partial charge in [-0.05, 0) is 32.9 Å². The molecule has 0 saturated carbocycles. The van der Waals surface area contributed by atoms with Crippen LogP contribution in [0.1, 0.15) is 20.8 Å². The van der Waals surface area contributed by atoms with E-state index in [1.54, 1.807) is 39.0 Å². The van der Waals surface area contributed by atoms with Gasteiger partial charge in [0.15, 0.2) is 0 Å². The molecule has 1 aromatic rings. The quantitative estimate of drug-likeness (QED) is 0.728. The molecule has 0 unspecified atom stereocenters. The van der Waals surface area contributed by atoms with Crippen LogP contribution in [0.5, 0.6) is 5.75 Å². The third-order valence-corrected chi connectivity index (χ3v) is 2.43. The van der Waals surface area contributed by atoms with Crippen molar-refractivity contribution in [1.82, 2.24) is 10.6 Å². The second kappa shape index (κ2) is 8.11. The molecule has 1 rings (SSSR count). The lowest BCUT2D eigenvalue weighted by Gasteiger charge is -2.19. The van der Waals surface area contributed by atoms with Gasteiger partial charge in [-0.2, -0.15) is 0 Å². The molecule has 0 spiro atoms. The fourth-order valence-corrected chi connectivity index (χ4v) is 1.57. The predicted octanol–water partition coefficient (Wildman–Crippen LogP) is 2.34. The van der Waals surface area contributed by atoms with Gasteiger partial charge < -0.3 is 25.4 Å². The molecule has 3 amide bonds. The van der Waals surface area contributed by atoms with Crippen LogP contribution in [0, 0.1) is 0 Å². The zero-order chi connectivity index (χ0) is 16.6. The number of anilines is 1. The number of carbonyl (C=O) groups is 2. The Morgan fingerprint density at radius 2 is 1.73 bits per heavy atom. The van der Waals surface area contributed by atoms with E-state index in [4.69, 9.17) is 9.47 Å². The van der Waals surface area contributed by atoms with Gasteiger partial charge in [-0.3, -0.25) is 0 Å². The molecule has 3 N–H and O–H groups in total. The second-order valence-corrected chi connectivity index (χ2v) is 5.51. The van der Waals surface area contributed by atoms with Gasteiger partial charge in [-0.1, -0.05) is 12.1 Å². The largest absolute Gasteiger partial charge is 0.495 e. The SMILES string of the molecule is COc1ccccc1NC(=O)NCCNC(=O)OC(C)(C)C. The van der Waals surface area contributed by atoms with Crippen molar-refractivity contribution in [2.45, 2.75) is 26.4 Å². The van der Waals surface area contributed by atoms with Crippen molar-refractivity contribution in [2.75, 3.05) is 25.5 Å². The van der Waals surface area contributed by atoms with E-state index in [1.807, 2.05) is 6.07 Å². The summed E-state index contributed by atoms with van der Waals surface area (Å²) in [4.78, 5) is 23.1. The highest BCUT2D eigenvalue weighted by atomic mass is 16.6. The van der Waals surface area contributed by atoms with Crippen LogP contribution in [0.2, 0.25) is 0 Å². The van der Waals surface area contributed by atoms with Crippen molar-refractivity contribution in [3.63, 3.8) is 0 Å². The molecular formula is C15H23N3O4. The minimum Gasteiger partial charge on any atom is -0.495 e. The average Bonchev–Trinajstić information content (AvgIpc) is 2.42. The third kappa shape index (κ3) is 6.83. The van der Waals surface area contributed by atoms with E-state index < -0.39 is 11.7 Å². The Morgan fingerprint density at radius 3 is 2.36 bits per heavy atom. The van der Waals surface area contributed by atoms with Gasteiger partial charge in [0.1, 0.15) is 11.4 Å². The fraction of sp³-hybridized carbons (Fsp3) is 0.467. The number of urea groups is 1. The maximum Gasteiger partial charge on any atom is 0.407 e. The van der Waals surface area contributed by atoms with Gasteiger partial charge in [0.05, 0.1) is 12.8 Å². The third-order valence-electron chi connectivity index (χ3n) is 2.43. The number of hydrogen-bond acceptors (Lipinski definition) is 4. The second-order valence-electron chi connectivity index (χ2n) is 5.51. The van der Waals surface area contributed by atoms with E-state index in [0.29, 0.717) is 11.4 Å². The van der Waals surface area contributed by atoms with Crippen LogP contribution in [0.25, 0.3) is 0 Å². The molecule has 122 valence electrons. The van der Waals surface area contributed by atoms with Gasteiger partial charge in [0.25, 0.3) is 0 Å². The summed E-state index contributed by atoms with van der Waals surface area (Å²) in [5.41, 5.74) is 0.0289. The van der Waals surface area contributed by atoms with Gasteiger partial charge >= 0.3 is 12.1 Å². The predicted molar refractivity (Wildman–Crippen MR) is 84.3 cm³/mol. The molecule has 0 aromatic heterocycles. The summed E-state index contributed by atoms with van der Waals surface area (Å²) in [7, 11) is 1.53. The number of amides is 3. The summed E-state index contributed by atoms with van der Waals surface area (Å²) >= 11 is 0. The Balaban J connectivity index is 2.28. The lowest BCUT2D eigenvalue weighted by molar-refractivity contribution is 0.0528. The van der Waals surface area contributed by atoms with Crippen LogP contribution < -0.4 is 20.7 Å². The number of rotatable bonds is 5. The Labute approximate surface area is 130 Å². The zero-order valence-corrected chi connectivity index (χ0v) is 13.4. The van der Waals surface area contributed by atoms with Crippen molar-refractivity contribution < 1.29 is 19.1 Å². The summed E-state index contributed by atoms with van der Waals surface area (Å²) in [5, 5.41) is 7.85. The van der Waals surface area contributed by atoms with Crippen molar-refractivity contribution in [3.05, 3.63) is 24.3 Å². The smallest absolute Gasteiger partial charge is 0.407 e. The number of nitrogens with one attached hydrogen (secondary N) is 3.